The lowest BCUT2D eigenvalue weighted by molar-refractivity contribution is 0.0980. The summed E-state index contributed by atoms with van der Waals surface area (Å²) >= 11 is 0. The Morgan fingerprint density at radius 3 is 2.35 bits per heavy atom. The van der Waals surface area contributed by atoms with Crippen LogP contribution in [-0.4, -0.2) is 43.4 Å². The smallest absolute Gasteiger partial charge is 0.161 e. The van der Waals surface area contributed by atoms with E-state index in [4.69, 9.17) is 9.47 Å². The van der Waals surface area contributed by atoms with E-state index < -0.39 is 0 Å². The topological polar surface area (TPSA) is 41.9 Å². The third-order valence-electron chi connectivity index (χ3n) is 3.97. The summed E-state index contributed by atoms with van der Waals surface area (Å²) in [5.74, 6) is 2.16. The first kappa shape index (κ1) is 19.8. The van der Waals surface area contributed by atoms with Gasteiger partial charge in [-0.2, -0.15) is 0 Å². The summed E-state index contributed by atoms with van der Waals surface area (Å²) in [6.45, 7) is 9.10. The van der Waals surface area contributed by atoms with E-state index in [2.05, 4.69) is 31.7 Å². The van der Waals surface area contributed by atoms with Gasteiger partial charge >= 0.3 is 0 Å². The van der Waals surface area contributed by atoms with Crippen molar-refractivity contribution in [3.63, 3.8) is 0 Å². The molecule has 1 rings (SSSR count). The van der Waals surface area contributed by atoms with Gasteiger partial charge in [-0.25, -0.2) is 0 Å². The van der Waals surface area contributed by atoms with Gasteiger partial charge in [-0.15, -0.1) is 0 Å². The quantitative estimate of drug-likeness (QED) is 0.674. The van der Waals surface area contributed by atoms with Crippen LogP contribution >= 0.6 is 0 Å². The molecule has 0 aliphatic heterocycles. The fourth-order valence-electron chi connectivity index (χ4n) is 2.64. The SMILES string of the molecule is CCC[C@@H](O)CN(CCC(C)C)Cc1ccc(OC)c(OC)c1. The summed E-state index contributed by atoms with van der Waals surface area (Å²) in [6, 6.07) is 6.03. The fraction of sp³-hybridized carbons (Fsp3) is 0.684. The van der Waals surface area contributed by atoms with Gasteiger partial charge in [0.15, 0.2) is 11.5 Å². The lowest BCUT2D eigenvalue weighted by Gasteiger charge is -2.26. The van der Waals surface area contributed by atoms with Crippen LogP contribution in [0, 0.1) is 5.92 Å². The predicted octanol–water partition coefficient (Wildman–Crippen LogP) is 3.71. The van der Waals surface area contributed by atoms with Gasteiger partial charge in [0, 0.05) is 13.1 Å². The van der Waals surface area contributed by atoms with Gasteiger partial charge in [0.25, 0.3) is 0 Å². The zero-order valence-corrected chi connectivity index (χ0v) is 15.3. The second-order valence-corrected chi connectivity index (χ2v) is 6.55. The molecule has 4 heteroatoms. The van der Waals surface area contributed by atoms with Crippen LogP contribution in [0.1, 0.15) is 45.6 Å². The molecule has 1 aromatic carbocycles. The first-order valence-electron chi connectivity index (χ1n) is 8.61. The molecule has 4 nitrogen and oxygen atoms in total. The molecule has 0 fully saturated rings. The Kier molecular flexibility index (Phi) is 9.03. The van der Waals surface area contributed by atoms with E-state index in [0.717, 1.165) is 50.4 Å². The highest BCUT2D eigenvalue weighted by molar-refractivity contribution is 5.42. The van der Waals surface area contributed by atoms with E-state index in [0.29, 0.717) is 5.92 Å². The number of benzene rings is 1. The fourth-order valence-corrected chi connectivity index (χ4v) is 2.64. The molecular weight excluding hydrogens is 290 g/mol. The standard InChI is InChI=1S/C19H33NO3/c1-6-7-17(21)14-20(11-10-15(2)3)13-16-8-9-18(22-4)19(12-16)23-5/h8-9,12,15,17,21H,6-7,10-11,13-14H2,1-5H3/t17-/m1/s1. The number of aliphatic hydroxyl groups is 1. The Bertz CT molecular complexity index is 448. The molecule has 0 aromatic heterocycles. The van der Waals surface area contributed by atoms with Crippen molar-refractivity contribution in [3.8, 4) is 11.5 Å². The summed E-state index contributed by atoms with van der Waals surface area (Å²) < 4.78 is 10.7. The summed E-state index contributed by atoms with van der Waals surface area (Å²) in [5.41, 5.74) is 1.18. The molecule has 0 radical (unpaired) electrons. The highest BCUT2D eigenvalue weighted by atomic mass is 16.5. The van der Waals surface area contributed by atoms with E-state index in [1.807, 2.05) is 12.1 Å². The molecule has 0 bridgehead atoms. The minimum absolute atomic E-state index is 0.257. The monoisotopic (exact) mass is 323 g/mol. The van der Waals surface area contributed by atoms with Gasteiger partial charge in [-0.05, 0) is 43.0 Å². The van der Waals surface area contributed by atoms with Crippen molar-refractivity contribution in [1.29, 1.82) is 0 Å². The number of hydrogen-bond acceptors (Lipinski definition) is 4. The van der Waals surface area contributed by atoms with E-state index >= 15 is 0 Å². The minimum atomic E-state index is -0.257. The number of aliphatic hydroxyl groups excluding tert-OH is 1. The van der Waals surface area contributed by atoms with Crippen LogP contribution < -0.4 is 9.47 Å². The molecule has 0 spiro atoms. The second kappa shape index (κ2) is 10.5. The highest BCUT2D eigenvalue weighted by Crippen LogP contribution is 2.28. The molecule has 0 aliphatic rings. The Labute approximate surface area is 141 Å². The molecule has 1 atom stereocenters. The molecule has 0 heterocycles. The van der Waals surface area contributed by atoms with Crippen LogP contribution in [-0.2, 0) is 6.54 Å². The number of ether oxygens (including phenoxy) is 2. The first-order chi connectivity index (χ1) is 11.0. The lowest BCUT2D eigenvalue weighted by Crippen LogP contribution is -2.33. The van der Waals surface area contributed by atoms with Gasteiger partial charge in [-0.3, -0.25) is 4.90 Å². The zero-order valence-electron chi connectivity index (χ0n) is 15.3. The average Bonchev–Trinajstić information content (AvgIpc) is 2.52. The highest BCUT2D eigenvalue weighted by Gasteiger charge is 2.14. The van der Waals surface area contributed by atoms with Crippen molar-refractivity contribution in [2.45, 2.75) is 52.7 Å². The second-order valence-electron chi connectivity index (χ2n) is 6.55. The van der Waals surface area contributed by atoms with Crippen molar-refractivity contribution >= 4 is 0 Å². The van der Waals surface area contributed by atoms with Gasteiger partial charge < -0.3 is 14.6 Å². The molecule has 0 amide bonds. The molecule has 1 N–H and O–H groups in total. The van der Waals surface area contributed by atoms with Gasteiger partial charge in [0.05, 0.1) is 20.3 Å². The Morgan fingerprint density at radius 1 is 1.09 bits per heavy atom. The largest absolute Gasteiger partial charge is 0.493 e. The maximum atomic E-state index is 10.2. The van der Waals surface area contributed by atoms with E-state index in [1.165, 1.54) is 5.56 Å². The number of rotatable bonds is 11. The zero-order chi connectivity index (χ0) is 17.2. The van der Waals surface area contributed by atoms with Crippen molar-refractivity contribution in [1.82, 2.24) is 4.90 Å². The summed E-state index contributed by atoms with van der Waals surface area (Å²) in [7, 11) is 3.30. The van der Waals surface area contributed by atoms with Crippen LogP contribution in [0.2, 0.25) is 0 Å². The van der Waals surface area contributed by atoms with Crippen molar-refractivity contribution < 1.29 is 14.6 Å². The van der Waals surface area contributed by atoms with Gasteiger partial charge in [-0.1, -0.05) is 33.3 Å². The predicted molar refractivity (Wildman–Crippen MR) is 95.2 cm³/mol. The van der Waals surface area contributed by atoms with Crippen molar-refractivity contribution in [3.05, 3.63) is 23.8 Å². The first-order valence-corrected chi connectivity index (χ1v) is 8.61. The van der Waals surface area contributed by atoms with Crippen LogP contribution in [0.15, 0.2) is 18.2 Å². The van der Waals surface area contributed by atoms with Crippen molar-refractivity contribution in [2.75, 3.05) is 27.3 Å². The van der Waals surface area contributed by atoms with E-state index in [1.54, 1.807) is 14.2 Å². The normalized spacial score (nSPS) is 12.7. The van der Waals surface area contributed by atoms with Crippen LogP contribution in [0.3, 0.4) is 0 Å². The third kappa shape index (κ3) is 7.23. The van der Waals surface area contributed by atoms with Crippen LogP contribution in [0.4, 0.5) is 0 Å². The van der Waals surface area contributed by atoms with E-state index in [-0.39, 0.29) is 6.10 Å². The number of hydrogen-bond donors (Lipinski definition) is 1. The number of methoxy groups -OCH3 is 2. The lowest BCUT2D eigenvalue weighted by atomic mass is 10.1. The average molecular weight is 323 g/mol. The summed E-state index contributed by atoms with van der Waals surface area (Å²) in [4.78, 5) is 2.33. The molecule has 0 saturated carbocycles. The van der Waals surface area contributed by atoms with Gasteiger partial charge in [0.1, 0.15) is 0 Å². The molecule has 1 aromatic rings. The number of nitrogens with zero attached hydrogens (tertiary/aromatic N) is 1. The van der Waals surface area contributed by atoms with Crippen LogP contribution in [0.5, 0.6) is 11.5 Å². The summed E-state index contributed by atoms with van der Waals surface area (Å²) in [6.07, 6.45) is 2.73. The molecular formula is C19H33NO3. The Hall–Kier alpha value is -1.26. The molecule has 0 saturated heterocycles. The maximum absolute atomic E-state index is 10.2. The van der Waals surface area contributed by atoms with Crippen LogP contribution in [0.25, 0.3) is 0 Å². The molecule has 0 aliphatic carbocycles. The molecule has 23 heavy (non-hydrogen) atoms. The third-order valence-corrected chi connectivity index (χ3v) is 3.97. The Morgan fingerprint density at radius 2 is 1.78 bits per heavy atom. The van der Waals surface area contributed by atoms with Crippen molar-refractivity contribution in [2.24, 2.45) is 5.92 Å². The molecule has 132 valence electrons. The Balaban J connectivity index is 2.77. The minimum Gasteiger partial charge on any atom is -0.493 e. The maximum Gasteiger partial charge on any atom is 0.161 e. The molecule has 0 unspecified atom stereocenters. The van der Waals surface area contributed by atoms with E-state index in [9.17, 15) is 5.11 Å². The van der Waals surface area contributed by atoms with Gasteiger partial charge in [0.2, 0.25) is 0 Å². The summed E-state index contributed by atoms with van der Waals surface area (Å²) in [5, 5.41) is 10.2.